The van der Waals surface area contributed by atoms with Crippen LogP contribution in [0.5, 0.6) is 0 Å². The largest absolute Gasteiger partial charge is 0.373 e. The molecule has 0 aliphatic rings. The van der Waals surface area contributed by atoms with E-state index < -0.39 is 0 Å². The molecule has 0 aliphatic carbocycles. The lowest BCUT2D eigenvalue weighted by Crippen LogP contribution is -1.98. The highest BCUT2D eigenvalue weighted by Gasteiger charge is 2.04. The highest BCUT2D eigenvalue weighted by Crippen LogP contribution is 2.20. The number of nitrogens with one attached hydrogen (secondary N) is 1. The third-order valence-electron chi connectivity index (χ3n) is 2.38. The van der Waals surface area contributed by atoms with Crippen LogP contribution in [0.4, 0.5) is 5.82 Å². The number of benzene rings is 1. The predicted molar refractivity (Wildman–Crippen MR) is 66.5 cm³/mol. The highest BCUT2D eigenvalue weighted by molar-refractivity contribution is 5.64. The van der Waals surface area contributed by atoms with Gasteiger partial charge in [-0.1, -0.05) is 12.1 Å². The maximum atomic E-state index is 8.87. The minimum atomic E-state index is 0.629. The first-order chi connectivity index (χ1) is 8.22. The molecule has 0 aliphatic heterocycles. The average Bonchev–Trinajstić information content (AvgIpc) is 2.38. The topological polar surface area (TPSA) is 61.6 Å². The first-order valence-electron chi connectivity index (χ1n) is 5.27. The van der Waals surface area contributed by atoms with Gasteiger partial charge in [-0.3, -0.25) is 0 Å². The number of hydrogen-bond donors (Lipinski definition) is 1. The SMILES string of the molecule is CNc1cc(-c2cccc(C#N)c2)nc(C)n1. The Balaban J connectivity index is 2.52. The zero-order valence-electron chi connectivity index (χ0n) is 9.73. The lowest BCUT2D eigenvalue weighted by atomic mass is 10.1. The molecule has 1 heterocycles. The molecule has 0 saturated carbocycles. The van der Waals surface area contributed by atoms with Crippen molar-refractivity contribution in [3.63, 3.8) is 0 Å². The van der Waals surface area contributed by atoms with Gasteiger partial charge in [-0.2, -0.15) is 5.26 Å². The molecule has 0 atom stereocenters. The second-order valence-electron chi connectivity index (χ2n) is 3.63. The van der Waals surface area contributed by atoms with E-state index in [9.17, 15) is 0 Å². The second kappa shape index (κ2) is 4.62. The van der Waals surface area contributed by atoms with Gasteiger partial charge in [0.25, 0.3) is 0 Å². The van der Waals surface area contributed by atoms with Crippen molar-refractivity contribution in [2.24, 2.45) is 0 Å². The van der Waals surface area contributed by atoms with Crippen LogP contribution in [0.3, 0.4) is 0 Å². The molecule has 1 aromatic carbocycles. The van der Waals surface area contributed by atoms with E-state index in [1.165, 1.54) is 0 Å². The van der Waals surface area contributed by atoms with Crippen molar-refractivity contribution in [3.8, 4) is 17.3 Å². The molecule has 0 saturated heterocycles. The van der Waals surface area contributed by atoms with E-state index >= 15 is 0 Å². The second-order valence-corrected chi connectivity index (χ2v) is 3.63. The molecule has 0 amide bonds. The molecule has 0 bridgehead atoms. The third kappa shape index (κ3) is 2.40. The number of anilines is 1. The van der Waals surface area contributed by atoms with Crippen molar-refractivity contribution in [1.29, 1.82) is 5.26 Å². The molecule has 0 unspecified atom stereocenters. The van der Waals surface area contributed by atoms with Crippen LogP contribution in [0.15, 0.2) is 30.3 Å². The minimum Gasteiger partial charge on any atom is -0.373 e. The number of nitriles is 1. The Labute approximate surface area is 100.0 Å². The number of aromatic nitrogens is 2. The summed E-state index contributed by atoms with van der Waals surface area (Å²) >= 11 is 0. The Bertz CT molecular complexity index is 584. The summed E-state index contributed by atoms with van der Waals surface area (Å²) < 4.78 is 0. The zero-order chi connectivity index (χ0) is 12.3. The first kappa shape index (κ1) is 11.1. The summed E-state index contributed by atoms with van der Waals surface area (Å²) in [6, 6.07) is 11.4. The molecule has 2 aromatic rings. The molecule has 0 spiro atoms. The van der Waals surface area contributed by atoms with Crippen molar-refractivity contribution >= 4 is 5.82 Å². The summed E-state index contributed by atoms with van der Waals surface area (Å²) in [6.07, 6.45) is 0. The van der Waals surface area contributed by atoms with Crippen LogP contribution in [-0.4, -0.2) is 17.0 Å². The molecule has 1 N–H and O–H groups in total. The molecule has 4 heteroatoms. The predicted octanol–water partition coefficient (Wildman–Crippen LogP) is 2.37. The van der Waals surface area contributed by atoms with Crippen molar-refractivity contribution in [1.82, 2.24) is 9.97 Å². The van der Waals surface area contributed by atoms with Gasteiger partial charge in [-0.15, -0.1) is 0 Å². The van der Waals surface area contributed by atoms with Gasteiger partial charge in [-0.05, 0) is 19.1 Å². The number of nitrogens with zero attached hydrogens (tertiary/aromatic N) is 3. The van der Waals surface area contributed by atoms with Crippen molar-refractivity contribution in [3.05, 3.63) is 41.7 Å². The van der Waals surface area contributed by atoms with E-state index in [1.54, 1.807) is 6.07 Å². The van der Waals surface area contributed by atoms with Crippen LogP contribution in [0.1, 0.15) is 11.4 Å². The molecule has 2 rings (SSSR count). The van der Waals surface area contributed by atoms with E-state index in [2.05, 4.69) is 21.4 Å². The molecule has 17 heavy (non-hydrogen) atoms. The Kier molecular flexibility index (Phi) is 3.01. The standard InChI is InChI=1S/C13H12N4/c1-9-16-12(7-13(15-2)17-9)11-5-3-4-10(6-11)8-14/h3-7H,1-2H3,(H,15,16,17). The lowest BCUT2D eigenvalue weighted by molar-refractivity contribution is 1.06. The summed E-state index contributed by atoms with van der Waals surface area (Å²) in [5, 5.41) is 11.9. The molecule has 0 fully saturated rings. The summed E-state index contributed by atoms with van der Waals surface area (Å²) in [6.45, 7) is 1.85. The van der Waals surface area contributed by atoms with Crippen LogP contribution in [0, 0.1) is 18.3 Å². The fourth-order valence-electron chi connectivity index (χ4n) is 1.59. The van der Waals surface area contributed by atoms with Gasteiger partial charge in [-0.25, -0.2) is 9.97 Å². The first-order valence-corrected chi connectivity index (χ1v) is 5.27. The fourth-order valence-corrected chi connectivity index (χ4v) is 1.59. The third-order valence-corrected chi connectivity index (χ3v) is 2.38. The maximum Gasteiger partial charge on any atom is 0.130 e. The van der Waals surface area contributed by atoms with E-state index in [0.29, 0.717) is 11.4 Å². The Hall–Kier alpha value is -2.41. The van der Waals surface area contributed by atoms with E-state index in [1.807, 2.05) is 38.2 Å². The minimum absolute atomic E-state index is 0.629. The summed E-state index contributed by atoms with van der Waals surface area (Å²) in [4.78, 5) is 8.60. The molecular weight excluding hydrogens is 212 g/mol. The smallest absolute Gasteiger partial charge is 0.130 e. The quantitative estimate of drug-likeness (QED) is 0.850. The molecule has 0 radical (unpaired) electrons. The van der Waals surface area contributed by atoms with Crippen LogP contribution < -0.4 is 5.32 Å². The van der Waals surface area contributed by atoms with Crippen molar-refractivity contribution in [2.75, 3.05) is 12.4 Å². The van der Waals surface area contributed by atoms with Gasteiger partial charge in [0.15, 0.2) is 0 Å². The summed E-state index contributed by atoms with van der Waals surface area (Å²) in [5.41, 5.74) is 2.37. The van der Waals surface area contributed by atoms with Crippen molar-refractivity contribution < 1.29 is 0 Å². The van der Waals surface area contributed by atoms with Gasteiger partial charge >= 0.3 is 0 Å². The van der Waals surface area contributed by atoms with Crippen LogP contribution >= 0.6 is 0 Å². The highest BCUT2D eigenvalue weighted by atomic mass is 15.0. The van der Waals surface area contributed by atoms with Gasteiger partial charge in [0.05, 0.1) is 17.3 Å². The monoisotopic (exact) mass is 224 g/mol. The van der Waals surface area contributed by atoms with E-state index in [4.69, 9.17) is 5.26 Å². The molecule has 84 valence electrons. The number of aryl methyl sites for hydroxylation is 1. The molecule has 4 nitrogen and oxygen atoms in total. The molecular formula is C13H12N4. The Morgan fingerprint density at radius 1 is 1.24 bits per heavy atom. The fraction of sp³-hybridized carbons (Fsp3) is 0.154. The summed E-state index contributed by atoms with van der Waals surface area (Å²) in [5.74, 6) is 1.48. The van der Waals surface area contributed by atoms with Gasteiger partial charge < -0.3 is 5.32 Å². The zero-order valence-corrected chi connectivity index (χ0v) is 9.73. The average molecular weight is 224 g/mol. The number of hydrogen-bond acceptors (Lipinski definition) is 4. The van der Waals surface area contributed by atoms with E-state index in [0.717, 1.165) is 17.1 Å². The van der Waals surface area contributed by atoms with Gasteiger partial charge in [0.1, 0.15) is 11.6 Å². The normalized spacial score (nSPS) is 9.71. The van der Waals surface area contributed by atoms with Gasteiger partial charge in [0.2, 0.25) is 0 Å². The van der Waals surface area contributed by atoms with Crippen molar-refractivity contribution in [2.45, 2.75) is 6.92 Å². The Morgan fingerprint density at radius 3 is 2.76 bits per heavy atom. The molecule has 1 aromatic heterocycles. The van der Waals surface area contributed by atoms with Crippen LogP contribution in [0.25, 0.3) is 11.3 Å². The Morgan fingerprint density at radius 2 is 2.06 bits per heavy atom. The number of rotatable bonds is 2. The lowest BCUT2D eigenvalue weighted by Gasteiger charge is -2.05. The van der Waals surface area contributed by atoms with Crippen LogP contribution in [-0.2, 0) is 0 Å². The van der Waals surface area contributed by atoms with Gasteiger partial charge in [0, 0.05) is 18.7 Å². The summed E-state index contributed by atoms with van der Waals surface area (Å²) in [7, 11) is 1.82. The van der Waals surface area contributed by atoms with E-state index in [-0.39, 0.29) is 0 Å². The maximum absolute atomic E-state index is 8.87. The van der Waals surface area contributed by atoms with Crippen LogP contribution in [0.2, 0.25) is 0 Å².